The standard InChI is InChI=1S/C10H15N3O2/c1-8(7-14)12-10(15)4-3-9-5-6-11-13(9)2/h3-6,8,14H,7H2,1-2H3,(H,12,15)/t8-/m0/s1. The van der Waals surface area contributed by atoms with E-state index in [4.69, 9.17) is 5.11 Å². The van der Waals surface area contributed by atoms with Crippen molar-refractivity contribution in [3.63, 3.8) is 0 Å². The molecule has 1 atom stereocenters. The largest absolute Gasteiger partial charge is 0.394 e. The summed E-state index contributed by atoms with van der Waals surface area (Å²) in [6.45, 7) is 1.67. The smallest absolute Gasteiger partial charge is 0.244 e. The van der Waals surface area contributed by atoms with Crippen LogP contribution < -0.4 is 5.32 Å². The highest BCUT2D eigenvalue weighted by atomic mass is 16.3. The normalized spacial score (nSPS) is 13.0. The lowest BCUT2D eigenvalue weighted by atomic mass is 10.3. The second-order valence-electron chi connectivity index (χ2n) is 3.31. The van der Waals surface area contributed by atoms with Gasteiger partial charge in [0.15, 0.2) is 0 Å². The molecule has 2 N–H and O–H groups in total. The number of nitrogens with zero attached hydrogens (tertiary/aromatic N) is 2. The highest BCUT2D eigenvalue weighted by Gasteiger charge is 2.02. The third-order valence-electron chi connectivity index (χ3n) is 1.93. The number of hydrogen-bond donors (Lipinski definition) is 2. The molecule has 0 aliphatic rings. The molecular weight excluding hydrogens is 194 g/mol. The Morgan fingerprint density at radius 2 is 2.53 bits per heavy atom. The molecule has 0 radical (unpaired) electrons. The van der Waals surface area contributed by atoms with Crippen molar-refractivity contribution in [2.24, 2.45) is 7.05 Å². The van der Waals surface area contributed by atoms with Gasteiger partial charge in [-0.1, -0.05) is 0 Å². The molecule has 0 fully saturated rings. The summed E-state index contributed by atoms with van der Waals surface area (Å²) in [6.07, 6.45) is 4.75. The number of hydrogen-bond acceptors (Lipinski definition) is 3. The van der Waals surface area contributed by atoms with Crippen molar-refractivity contribution in [2.75, 3.05) is 6.61 Å². The third kappa shape index (κ3) is 3.55. The molecule has 1 heterocycles. The topological polar surface area (TPSA) is 67.2 Å². The maximum atomic E-state index is 11.3. The van der Waals surface area contributed by atoms with Crippen LogP contribution in [0.3, 0.4) is 0 Å². The van der Waals surface area contributed by atoms with E-state index in [2.05, 4.69) is 10.4 Å². The molecule has 5 heteroatoms. The molecule has 0 aliphatic heterocycles. The monoisotopic (exact) mass is 209 g/mol. The van der Waals surface area contributed by atoms with Crippen molar-refractivity contribution in [1.29, 1.82) is 0 Å². The predicted molar refractivity (Wildman–Crippen MR) is 56.9 cm³/mol. The number of aromatic nitrogens is 2. The van der Waals surface area contributed by atoms with Crippen LogP contribution in [0.15, 0.2) is 18.3 Å². The number of amides is 1. The van der Waals surface area contributed by atoms with Crippen LogP contribution in [0, 0.1) is 0 Å². The summed E-state index contributed by atoms with van der Waals surface area (Å²) in [4.78, 5) is 11.3. The molecule has 1 rings (SSSR count). The van der Waals surface area contributed by atoms with Gasteiger partial charge in [0.1, 0.15) is 0 Å². The first-order chi connectivity index (χ1) is 7.13. The van der Waals surface area contributed by atoms with Gasteiger partial charge in [-0.15, -0.1) is 0 Å². The average molecular weight is 209 g/mol. The number of carbonyl (C=O) groups is 1. The van der Waals surface area contributed by atoms with Gasteiger partial charge in [-0.3, -0.25) is 9.48 Å². The van der Waals surface area contributed by atoms with Gasteiger partial charge >= 0.3 is 0 Å². The Labute approximate surface area is 88.4 Å². The summed E-state index contributed by atoms with van der Waals surface area (Å²) in [5.41, 5.74) is 0.849. The fourth-order valence-corrected chi connectivity index (χ4v) is 1.05. The van der Waals surface area contributed by atoms with E-state index in [1.54, 1.807) is 37.0 Å². The van der Waals surface area contributed by atoms with Crippen molar-refractivity contribution in [3.05, 3.63) is 24.0 Å². The van der Waals surface area contributed by atoms with Gasteiger partial charge in [0, 0.05) is 25.4 Å². The van der Waals surface area contributed by atoms with E-state index in [0.29, 0.717) is 0 Å². The van der Waals surface area contributed by atoms with Crippen molar-refractivity contribution in [2.45, 2.75) is 13.0 Å². The number of aryl methyl sites for hydroxylation is 1. The molecule has 1 amide bonds. The summed E-state index contributed by atoms with van der Waals surface area (Å²) in [6, 6.07) is 1.58. The molecule has 0 saturated heterocycles. The Bertz CT molecular complexity index is 357. The fourth-order valence-electron chi connectivity index (χ4n) is 1.05. The van der Waals surface area contributed by atoms with E-state index in [9.17, 15) is 4.79 Å². The molecule has 0 saturated carbocycles. The second kappa shape index (κ2) is 5.31. The maximum Gasteiger partial charge on any atom is 0.244 e. The molecule has 5 nitrogen and oxygen atoms in total. The van der Waals surface area contributed by atoms with Gasteiger partial charge in [0.05, 0.1) is 12.3 Å². The SMILES string of the molecule is C[C@@H](CO)NC(=O)C=Cc1ccnn1C. The first-order valence-corrected chi connectivity index (χ1v) is 4.71. The van der Waals surface area contributed by atoms with Crippen molar-refractivity contribution in [3.8, 4) is 0 Å². The average Bonchev–Trinajstić information content (AvgIpc) is 2.61. The van der Waals surface area contributed by atoms with Crippen LogP contribution in [0.1, 0.15) is 12.6 Å². The van der Waals surface area contributed by atoms with Gasteiger partial charge in [-0.05, 0) is 19.1 Å². The molecular formula is C10H15N3O2. The fraction of sp³-hybridized carbons (Fsp3) is 0.400. The van der Waals surface area contributed by atoms with Crippen molar-refractivity contribution in [1.82, 2.24) is 15.1 Å². The van der Waals surface area contributed by atoms with E-state index in [0.717, 1.165) is 5.69 Å². The zero-order chi connectivity index (χ0) is 11.3. The molecule has 1 aromatic rings. The van der Waals surface area contributed by atoms with Gasteiger partial charge in [0.2, 0.25) is 5.91 Å². The lowest BCUT2D eigenvalue weighted by Gasteiger charge is -2.07. The second-order valence-corrected chi connectivity index (χ2v) is 3.31. The lowest BCUT2D eigenvalue weighted by Crippen LogP contribution is -2.33. The highest BCUT2D eigenvalue weighted by Crippen LogP contribution is 1.98. The Balaban J connectivity index is 2.51. The van der Waals surface area contributed by atoms with E-state index in [1.165, 1.54) is 6.08 Å². The number of nitrogens with one attached hydrogen (secondary N) is 1. The Kier molecular flexibility index (Phi) is 4.05. The van der Waals surface area contributed by atoms with E-state index < -0.39 is 0 Å². The van der Waals surface area contributed by atoms with Crippen LogP contribution in [0.25, 0.3) is 6.08 Å². The molecule has 0 aliphatic carbocycles. The Hall–Kier alpha value is -1.62. The van der Waals surface area contributed by atoms with Crippen LogP contribution in [0.2, 0.25) is 0 Å². The van der Waals surface area contributed by atoms with Gasteiger partial charge < -0.3 is 10.4 Å². The van der Waals surface area contributed by atoms with Gasteiger partial charge in [-0.25, -0.2) is 0 Å². The van der Waals surface area contributed by atoms with E-state index in [1.807, 2.05) is 0 Å². The Morgan fingerprint density at radius 3 is 3.07 bits per heavy atom. The summed E-state index contributed by atoms with van der Waals surface area (Å²) < 4.78 is 1.67. The number of carbonyl (C=O) groups excluding carboxylic acids is 1. The molecule has 82 valence electrons. The minimum atomic E-state index is -0.228. The first kappa shape index (κ1) is 11.5. The summed E-state index contributed by atoms with van der Waals surface area (Å²) >= 11 is 0. The summed E-state index contributed by atoms with van der Waals surface area (Å²) in [5.74, 6) is -0.224. The van der Waals surface area contributed by atoms with E-state index in [-0.39, 0.29) is 18.6 Å². The zero-order valence-corrected chi connectivity index (χ0v) is 8.84. The maximum absolute atomic E-state index is 11.3. The third-order valence-corrected chi connectivity index (χ3v) is 1.93. The van der Waals surface area contributed by atoms with Crippen LogP contribution in [0.4, 0.5) is 0 Å². The van der Waals surface area contributed by atoms with Crippen LogP contribution >= 0.6 is 0 Å². The number of aliphatic hydroxyl groups is 1. The predicted octanol–water partition coefficient (Wildman–Crippen LogP) is -0.0697. The van der Waals surface area contributed by atoms with Crippen LogP contribution in [0.5, 0.6) is 0 Å². The number of rotatable bonds is 4. The summed E-state index contributed by atoms with van der Waals surface area (Å²) in [5, 5.41) is 15.3. The Morgan fingerprint density at radius 1 is 1.80 bits per heavy atom. The summed E-state index contributed by atoms with van der Waals surface area (Å²) in [7, 11) is 1.80. The minimum Gasteiger partial charge on any atom is -0.394 e. The van der Waals surface area contributed by atoms with Crippen LogP contribution in [-0.4, -0.2) is 33.4 Å². The molecule has 1 aromatic heterocycles. The number of aliphatic hydroxyl groups excluding tert-OH is 1. The van der Waals surface area contributed by atoms with Gasteiger partial charge in [-0.2, -0.15) is 5.10 Å². The quantitative estimate of drug-likeness (QED) is 0.682. The van der Waals surface area contributed by atoms with Crippen LogP contribution in [-0.2, 0) is 11.8 Å². The molecule has 0 aromatic carbocycles. The first-order valence-electron chi connectivity index (χ1n) is 4.71. The zero-order valence-electron chi connectivity index (χ0n) is 8.84. The minimum absolute atomic E-state index is 0.0642. The van der Waals surface area contributed by atoms with Crippen molar-refractivity contribution >= 4 is 12.0 Å². The lowest BCUT2D eigenvalue weighted by molar-refractivity contribution is -0.117. The van der Waals surface area contributed by atoms with E-state index >= 15 is 0 Å². The molecule has 15 heavy (non-hydrogen) atoms. The molecule has 0 bridgehead atoms. The molecule has 0 unspecified atom stereocenters. The van der Waals surface area contributed by atoms with Gasteiger partial charge in [0.25, 0.3) is 0 Å². The highest BCUT2D eigenvalue weighted by molar-refractivity contribution is 5.91. The van der Waals surface area contributed by atoms with Crippen molar-refractivity contribution < 1.29 is 9.90 Å². The molecule has 0 spiro atoms.